The molecule has 0 saturated heterocycles. The van der Waals surface area contributed by atoms with E-state index in [2.05, 4.69) is 16.9 Å². The molecule has 0 radical (unpaired) electrons. The molecule has 106 valence electrons. The number of aromatic nitrogens is 2. The number of carbonyl (C=O) groups is 1. The van der Waals surface area contributed by atoms with Crippen molar-refractivity contribution in [3.8, 4) is 11.3 Å². The number of rotatable bonds is 4. The second kappa shape index (κ2) is 5.54. The largest absolute Gasteiger partial charge is 0.348 e. The number of thiazole rings is 1. The molecule has 3 aromatic rings. The van der Waals surface area contributed by atoms with Crippen LogP contribution in [0.2, 0.25) is 0 Å². The maximum absolute atomic E-state index is 12.1. The van der Waals surface area contributed by atoms with Crippen LogP contribution in [-0.4, -0.2) is 21.8 Å². The minimum atomic E-state index is -0.0795. The van der Waals surface area contributed by atoms with E-state index in [1.54, 1.807) is 6.08 Å². The van der Waals surface area contributed by atoms with Gasteiger partial charge in [-0.25, -0.2) is 4.98 Å². The molecule has 4 nitrogen and oxygen atoms in total. The lowest BCUT2D eigenvalue weighted by Crippen LogP contribution is -2.23. The first-order chi connectivity index (χ1) is 10.2. The summed E-state index contributed by atoms with van der Waals surface area (Å²) in [5, 5.41) is 2.80. The first kappa shape index (κ1) is 13.6. The second-order valence-corrected chi connectivity index (χ2v) is 5.64. The summed E-state index contributed by atoms with van der Waals surface area (Å²) in [6, 6.07) is 10.0. The number of benzene rings is 1. The Hall–Kier alpha value is -2.40. The summed E-state index contributed by atoms with van der Waals surface area (Å²) in [6.45, 7) is 6.00. The van der Waals surface area contributed by atoms with Crippen LogP contribution in [-0.2, 0) is 0 Å². The number of nitrogens with zero attached hydrogens (tertiary/aromatic N) is 2. The van der Waals surface area contributed by atoms with E-state index in [1.165, 1.54) is 11.3 Å². The maximum Gasteiger partial charge on any atom is 0.263 e. The van der Waals surface area contributed by atoms with Crippen LogP contribution < -0.4 is 5.32 Å². The molecule has 0 aliphatic rings. The van der Waals surface area contributed by atoms with E-state index in [1.807, 2.05) is 47.9 Å². The number of amides is 1. The van der Waals surface area contributed by atoms with Gasteiger partial charge in [0.05, 0.1) is 5.69 Å². The fourth-order valence-electron chi connectivity index (χ4n) is 2.15. The van der Waals surface area contributed by atoms with E-state index in [4.69, 9.17) is 0 Å². The number of imidazole rings is 1. The van der Waals surface area contributed by atoms with Crippen LogP contribution in [0.15, 0.2) is 49.2 Å². The Labute approximate surface area is 126 Å². The zero-order valence-corrected chi connectivity index (χ0v) is 12.5. The number of nitrogens with one attached hydrogen (secondary N) is 1. The first-order valence-corrected chi connectivity index (χ1v) is 7.45. The Kier molecular flexibility index (Phi) is 3.58. The molecule has 0 aliphatic heterocycles. The summed E-state index contributed by atoms with van der Waals surface area (Å²) in [6.07, 6.45) is 3.64. The minimum Gasteiger partial charge on any atom is -0.348 e. The predicted octanol–water partition coefficient (Wildman–Crippen LogP) is 3.29. The van der Waals surface area contributed by atoms with Crippen LogP contribution in [0.3, 0.4) is 0 Å². The van der Waals surface area contributed by atoms with E-state index in [9.17, 15) is 4.79 Å². The quantitative estimate of drug-likeness (QED) is 0.751. The molecule has 0 aliphatic carbocycles. The Morgan fingerprint density at radius 2 is 2.19 bits per heavy atom. The van der Waals surface area contributed by atoms with Crippen LogP contribution in [0.25, 0.3) is 16.2 Å². The van der Waals surface area contributed by atoms with Gasteiger partial charge >= 0.3 is 0 Å². The molecule has 0 spiro atoms. The van der Waals surface area contributed by atoms with Gasteiger partial charge in [-0.15, -0.1) is 6.58 Å². The van der Waals surface area contributed by atoms with Crippen LogP contribution in [0.4, 0.5) is 0 Å². The fraction of sp³-hybridized carbons (Fsp3) is 0.125. The van der Waals surface area contributed by atoms with Gasteiger partial charge in [0.2, 0.25) is 0 Å². The van der Waals surface area contributed by atoms with E-state index in [0.29, 0.717) is 11.4 Å². The van der Waals surface area contributed by atoms with Gasteiger partial charge in [0.1, 0.15) is 4.88 Å². The second-order valence-electron chi connectivity index (χ2n) is 4.66. The highest BCUT2D eigenvalue weighted by molar-refractivity contribution is 7.19. The minimum absolute atomic E-state index is 0.0795. The molecule has 0 atom stereocenters. The number of hydrogen-bond donors (Lipinski definition) is 1. The molecule has 0 saturated carbocycles. The molecule has 2 heterocycles. The summed E-state index contributed by atoms with van der Waals surface area (Å²) < 4.78 is 1.97. The monoisotopic (exact) mass is 297 g/mol. The zero-order chi connectivity index (χ0) is 14.8. The van der Waals surface area contributed by atoms with Crippen LogP contribution >= 0.6 is 11.3 Å². The smallest absolute Gasteiger partial charge is 0.263 e. The Morgan fingerprint density at radius 3 is 2.86 bits per heavy atom. The highest BCUT2D eigenvalue weighted by Crippen LogP contribution is 2.26. The van der Waals surface area contributed by atoms with Crippen molar-refractivity contribution in [3.05, 3.63) is 59.8 Å². The average Bonchev–Trinajstić information content (AvgIpc) is 3.06. The summed E-state index contributed by atoms with van der Waals surface area (Å²) in [4.78, 5) is 18.2. The van der Waals surface area contributed by atoms with Crippen LogP contribution in [0, 0.1) is 6.92 Å². The molecule has 1 amide bonds. The normalized spacial score (nSPS) is 10.7. The number of carbonyl (C=O) groups excluding carboxylic acids is 1. The van der Waals surface area contributed by atoms with Gasteiger partial charge in [-0.2, -0.15) is 0 Å². The van der Waals surface area contributed by atoms with Gasteiger partial charge in [-0.3, -0.25) is 9.20 Å². The molecule has 2 aromatic heterocycles. The van der Waals surface area contributed by atoms with Crippen molar-refractivity contribution < 1.29 is 4.79 Å². The fourth-order valence-corrected chi connectivity index (χ4v) is 3.18. The van der Waals surface area contributed by atoms with Crippen molar-refractivity contribution in [2.45, 2.75) is 6.92 Å². The van der Waals surface area contributed by atoms with Crippen LogP contribution in [0.1, 0.15) is 15.4 Å². The lowest BCUT2D eigenvalue weighted by molar-refractivity contribution is 0.0961. The topological polar surface area (TPSA) is 46.4 Å². The molecule has 1 N–H and O–H groups in total. The molecule has 3 rings (SSSR count). The van der Waals surface area contributed by atoms with Gasteiger partial charge in [-0.1, -0.05) is 47.7 Å². The lowest BCUT2D eigenvalue weighted by atomic mass is 10.2. The third kappa shape index (κ3) is 2.48. The molecular formula is C16H15N3OS. The summed E-state index contributed by atoms with van der Waals surface area (Å²) >= 11 is 1.40. The molecule has 5 heteroatoms. The van der Waals surface area contributed by atoms with Crippen molar-refractivity contribution in [1.29, 1.82) is 0 Å². The standard InChI is InChI=1S/C16H15N3OS/c1-3-9-17-15(20)14-11(2)19-10-13(18-16(19)21-14)12-7-5-4-6-8-12/h3-8,10H,1,9H2,2H3,(H,17,20). The van der Waals surface area contributed by atoms with Gasteiger partial charge in [0.25, 0.3) is 5.91 Å². The average molecular weight is 297 g/mol. The number of hydrogen-bond acceptors (Lipinski definition) is 3. The van der Waals surface area contributed by atoms with Crippen molar-refractivity contribution in [2.24, 2.45) is 0 Å². The third-order valence-electron chi connectivity index (χ3n) is 3.24. The third-order valence-corrected chi connectivity index (χ3v) is 4.40. The summed E-state index contributed by atoms with van der Waals surface area (Å²) in [5.41, 5.74) is 2.90. The predicted molar refractivity (Wildman–Crippen MR) is 85.8 cm³/mol. The molecule has 21 heavy (non-hydrogen) atoms. The highest BCUT2D eigenvalue weighted by atomic mass is 32.1. The van der Waals surface area contributed by atoms with Crippen molar-refractivity contribution in [3.63, 3.8) is 0 Å². The molecule has 0 bridgehead atoms. The molecule has 1 aromatic carbocycles. The molecular weight excluding hydrogens is 282 g/mol. The number of fused-ring (bicyclic) bond motifs is 1. The van der Waals surface area contributed by atoms with Gasteiger partial charge in [0, 0.05) is 24.0 Å². The summed E-state index contributed by atoms with van der Waals surface area (Å²) in [5.74, 6) is -0.0795. The summed E-state index contributed by atoms with van der Waals surface area (Å²) in [7, 11) is 0. The SMILES string of the molecule is C=CCNC(=O)c1sc2nc(-c3ccccc3)cn2c1C. The van der Waals surface area contributed by atoms with Gasteiger partial charge < -0.3 is 5.32 Å². The molecule has 0 unspecified atom stereocenters. The Bertz CT molecular complexity index is 802. The Morgan fingerprint density at radius 1 is 1.43 bits per heavy atom. The maximum atomic E-state index is 12.1. The van der Waals surface area contributed by atoms with Crippen LogP contribution in [0.5, 0.6) is 0 Å². The Balaban J connectivity index is 1.98. The van der Waals surface area contributed by atoms with E-state index in [0.717, 1.165) is 21.9 Å². The zero-order valence-electron chi connectivity index (χ0n) is 11.7. The van der Waals surface area contributed by atoms with Crippen molar-refractivity contribution in [2.75, 3.05) is 6.54 Å². The van der Waals surface area contributed by atoms with Crippen molar-refractivity contribution in [1.82, 2.24) is 14.7 Å². The highest BCUT2D eigenvalue weighted by Gasteiger charge is 2.17. The number of aryl methyl sites for hydroxylation is 1. The van der Waals surface area contributed by atoms with Gasteiger partial charge in [0.15, 0.2) is 4.96 Å². The first-order valence-electron chi connectivity index (χ1n) is 6.63. The van der Waals surface area contributed by atoms with E-state index >= 15 is 0 Å². The lowest BCUT2D eigenvalue weighted by Gasteiger charge is -2.00. The van der Waals surface area contributed by atoms with Gasteiger partial charge in [-0.05, 0) is 6.92 Å². The van der Waals surface area contributed by atoms with Crippen molar-refractivity contribution >= 4 is 22.2 Å². The molecule has 0 fully saturated rings. The van der Waals surface area contributed by atoms with E-state index in [-0.39, 0.29) is 5.91 Å². The van der Waals surface area contributed by atoms with E-state index < -0.39 is 0 Å².